The molecule has 8 heteroatoms. The van der Waals surface area contributed by atoms with Crippen LogP contribution in [0.3, 0.4) is 0 Å². The topological polar surface area (TPSA) is 56.1 Å². The Bertz CT molecular complexity index is 1320. The number of alkyl halides is 3. The van der Waals surface area contributed by atoms with E-state index in [4.69, 9.17) is 0 Å². The Hall–Kier alpha value is -3.65. The van der Waals surface area contributed by atoms with Gasteiger partial charge in [-0.05, 0) is 68.8 Å². The first-order valence-electron chi connectivity index (χ1n) is 11.5. The number of nitrogens with zero attached hydrogens (tertiary/aromatic N) is 3. The van der Waals surface area contributed by atoms with Gasteiger partial charge in [0.25, 0.3) is 5.91 Å². The van der Waals surface area contributed by atoms with Crippen LogP contribution in [0.1, 0.15) is 36.5 Å². The number of rotatable bonds is 4. The molecule has 0 spiro atoms. The highest BCUT2D eigenvalue weighted by molar-refractivity contribution is 6.56. The van der Waals surface area contributed by atoms with E-state index in [-0.39, 0.29) is 17.1 Å². The van der Waals surface area contributed by atoms with Crippen molar-refractivity contribution in [1.82, 2.24) is 4.90 Å². The number of amides is 1. The Morgan fingerprint density at radius 1 is 1.06 bits per heavy atom. The lowest BCUT2D eigenvalue weighted by atomic mass is 10.1. The van der Waals surface area contributed by atoms with Crippen LogP contribution in [0.4, 0.5) is 30.2 Å². The van der Waals surface area contributed by atoms with Crippen molar-refractivity contribution in [2.45, 2.75) is 38.5 Å². The van der Waals surface area contributed by atoms with Crippen LogP contribution in [0.2, 0.25) is 0 Å². The number of para-hydroxylation sites is 1. The maximum Gasteiger partial charge on any atom is 0.416 e. The van der Waals surface area contributed by atoms with E-state index < -0.39 is 17.6 Å². The highest BCUT2D eigenvalue weighted by Gasteiger charge is 2.36. The fraction of sp³-hybridized carbons (Fsp3) is 0.259. The Kier molecular flexibility index (Phi) is 5.84. The molecule has 5 rings (SSSR count). The standard InChI is InChI=1S/C27H24F3N3O2/c1-17-6-5-13-32(17)16-18-14-21(11-12-24(18)34)33-23-10-3-2-9-22(23)25(26(33)35)31-20-8-4-7-19(15-20)27(28,29)30/h2-4,7-12,14-15,17,34H,5-6,13,16H2,1H3. The van der Waals surface area contributed by atoms with Gasteiger partial charge in [-0.2, -0.15) is 13.2 Å². The molecule has 0 aliphatic carbocycles. The largest absolute Gasteiger partial charge is 0.508 e. The molecule has 0 saturated carbocycles. The fourth-order valence-electron chi connectivity index (χ4n) is 4.73. The van der Waals surface area contributed by atoms with Gasteiger partial charge in [0.2, 0.25) is 0 Å². The monoisotopic (exact) mass is 479 g/mol. The smallest absolute Gasteiger partial charge is 0.416 e. The van der Waals surface area contributed by atoms with E-state index in [1.165, 1.54) is 17.0 Å². The molecule has 2 aliphatic rings. The van der Waals surface area contributed by atoms with Gasteiger partial charge in [0.05, 0.1) is 16.9 Å². The number of hydrogen-bond acceptors (Lipinski definition) is 4. The van der Waals surface area contributed by atoms with Gasteiger partial charge in [0.15, 0.2) is 0 Å². The number of phenols is 1. The van der Waals surface area contributed by atoms with Crippen LogP contribution in [-0.4, -0.2) is 34.2 Å². The van der Waals surface area contributed by atoms with Crippen molar-refractivity contribution in [1.29, 1.82) is 0 Å². The molecule has 0 aromatic heterocycles. The lowest BCUT2D eigenvalue weighted by molar-refractivity contribution is -0.137. The number of likely N-dealkylation sites (tertiary alicyclic amines) is 1. The average molecular weight is 480 g/mol. The van der Waals surface area contributed by atoms with E-state index in [0.29, 0.717) is 35.1 Å². The minimum Gasteiger partial charge on any atom is -0.508 e. The summed E-state index contributed by atoms with van der Waals surface area (Å²) in [5.74, 6) is -0.277. The number of fused-ring (bicyclic) bond motifs is 1. The van der Waals surface area contributed by atoms with Gasteiger partial charge in [0, 0.05) is 29.4 Å². The normalized spacial score (nSPS) is 19.5. The van der Waals surface area contributed by atoms with Crippen LogP contribution in [0, 0.1) is 0 Å². The second-order valence-electron chi connectivity index (χ2n) is 8.94. The van der Waals surface area contributed by atoms with Crippen molar-refractivity contribution < 1.29 is 23.1 Å². The number of carbonyl (C=O) groups is 1. The van der Waals surface area contributed by atoms with Crippen LogP contribution < -0.4 is 4.90 Å². The molecule has 180 valence electrons. The van der Waals surface area contributed by atoms with Crippen molar-refractivity contribution >= 4 is 28.7 Å². The first-order valence-corrected chi connectivity index (χ1v) is 11.5. The summed E-state index contributed by atoms with van der Waals surface area (Å²) in [5, 5.41) is 10.5. The molecule has 2 aliphatic heterocycles. The maximum atomic E-state index is 13.5. The molecule has 2 heterocycles. The summed E-state index contributed by atoms with van der Waals surface area (Å²) < 4.78 is 39.5. The van der Waals surface area contributed by atoms with E-state index in [1.54, 1.807) is 42.5 Å². The van der Waals surface area contributed by atoms with Crippen LogP contribution in [0.25, 0.3) is 0 Å². The zero-order valence-electron chi connectivity index (χ0n) is 19.1. The minimum absolute atomic E-state index is 0.0502. The van der Waals surface area contributed by atoms with E-state index in [9.17, 15) is 23.1 Å². The molecule has 3 aromatic carbocycles. The highest BCUT2D eigenvalue weighted by atomic mass is 19.4. The highest BCUT2D eigenvalue weighted by Crippen LogP contribution is 2.39. The molecule has 35 heavy (non-hydrogen) atoms. The first-order chi connectivity index (χ1) is 16.7. The SMILES string of the molecule is CC1CCCN1Cc1cc(N2C(=O)C(=Nc3cccc(C(F)(F)F)c3)c3ccccc32)ccc1O. The molecule has 3 aromatic rings. The molecule has 0 bridgehead atoms. The molecule has 1 amide bonds. The number of benzene rings is 3. The van der Waals surface area contributed by atoms with Crippen molar-refractivity contribution in [2.75, 3.05) is 11.4 Å². The molecule has 5 nitrogen and oxygen atoms in total. The first kappa shape index (κ1) is 23.1. The van der Waals surface area contributed by atoms with E-state index in [0.717, 1.165) is 31.5 Å². The Labute approximate surface area is 201 Å². The third-order valence-electron chi connectivity index (χ3n) is 6.61. The Morgan fingerprint density at radius 3 is 2.60 bits per heavy atom. The van der Waals surface area contributed by atoms with Crippen LogP contribution in [0.15, 0.2) is 71.7 Å². The molecule has 1 saturated heterocycles. The number of halogens is 3. The number of aliphatic imine (C=N–C) groups is 1. The van der Waals surface area contributed by atoms with E-state index >= 15 is 0 Å². The van der Waals surface area contributed by atoms with E-state index in [2.05, 4.69) is 16.8 Å². The predicted molar refractivity (Wildman–Crippen MR) is 128 cm³/mol. The maximum absolute atomic E-state index is 13.5. The van der Waals surface area contributed by atoms with Crippen molar-refractivity contribution in [3.63, 3.8) is 0 Å². The Morgan fingerprint density at radius 2 is 1.86 bits per heavy atom. The number of hydrogen-bond donors (Lipinski definition) is 1. The van der Waals surface area contributed by atoms with Gasteiger partial charge in [-0.1, -0.05) is 24.3 Å². The predicted octanol–water partition coefficient (Wildman–Crippen LogP) is 6.19. The zero-order valence-corrected chi connectivity index (χ0v) is 19.1. The van der Waals surface area contributed by atoms with Crippen LogP contribution >= 0.6 is 0 Å². The van der Waals surface area contributed by atoms with Gasteiger partial charge in [-0.15, -0.1) is 0 Å². The zero-order chi connectivity index (χ0) is 24.7. The minimum atomic E-state index is -4.50. The second-order valence-corrected chi connectivity index (χ2v) is 8.94. The van der Waals surface area contributed by atoms with Gasteiger partial charge in [-0.25, -0.2) is 4.99 Å². The third kappa shape index (κ3) is 4.41. The lowest BCUT2D eigenvalue weighted by Gasteiger charge is -2.23. The van der Waals surface area contributed by atoms with Crippen molar-refractivity contribution in [3.8, 4) is 5.75 Å². The van der Waals surface area contributed by atoms with Crippen molar-refractivity contribution in [3.05, 3.63) is 83.4 Å². The average Bonchev–Trinajstić information content (AvgIpc) is 3.35. The lowest BCUT2D eigenvalue weighted by Crippen LogP contribution is -2.27. The summed E-state index contributed by atoms with van der Waals surface area (Å²) in [4.78, 5) is 21.7. The summed E-state index contributed by atoms with van der Waals surface area (Å²) in [7, 11) is 0. The summed E-state index contributed by atoms with van der Waals surface area (Å²) in [5.41, 5.74) is 1.71. The molecule has 1 fully saturated rings. The number of phenolic OH excluding ortho intramolecular Hbond substituents is 1. The summed E-state index contributed by atoms with van der Waals surface area (Å²) in [6.07, 6.45) is -2.29. The van der Waals surface area contributed by atoms with Gasteiger partial charge < -0.3 is 5.11 Å². The Balaban J connectivity index is 1.53. The van der Waals surface area contributed by atoms with Gasteiger partial charge >= 0.3 is 6.18 Å². The summed E-state index contributed by atoms with van der Waals surface area (Å²) in [6.45, 7) is 3.67. The molecule has 1 atom stereocenters. The molecular formula is C27H24F3N3O2. The number of anilines is 2. The summed E-state index contributed by atoms with van der Waals surface area (Å²) in [6, 6.07) is 17.1. The van der Waals surface area contributed by atoms with E-state index in [1.807, 2.05) is 0 Å². The quantitative estimate of drug-likeness (QED) is 0.485. The molecule has 1 unspecified atom stereocenters. The molecular weight excluding hydrogens is 455 g/mol. The van der Waals surface area contributed by atoms with Crippen LogP contribution in [-0.2, 0) is 17.5 Å². The molecule has 1 N–H and O–H groups in total. The second kappa shape index (κ2) is 8.85. The molecule has 0 radical (unpaired) electrons. The van der Waals surface area contributed by atoms with Crippen LogP contribution in [0.5, 0.6) is 5.75 Å². The van der Waals surface area contributed by atoms with Gasteiger partial charge in [0.1, 0.15) is 11.5 Å². The third-order valence-corrected chi connectivity index (χ3v) is 6.61. The van der Waals surface area contributed by atoms with Crippen molar-refractivity contribution in [2.24, 2.45) is 4.99 Å². The summed E-state index contributed by atoms with van der Waals surface area (Å²) >= 11 is 0. The number of aromatic hydroxyl groups is 1. The van der Waals surface area contributed by atoms with Gasteiger partial charge in [-0.3, -0.25) is 14.6 Å². The number of carbonyl (C=O) groups excluding carboxylic acids is 1. The fourth-order valence-corrected chi connectivity index (χ4v) is 4.73.